The molecule has 0 saturated carbocycles. The number of amidine groups is 1. The van der Waals surface area contributed by atoms with Crippen LogP contribution in [-0.2, 0) is 6.54 Å². The maximum absolute atomic E-state index is 13.5. The SMILES string of the molecule is N=C(N)C1CCN(Cc2cc(F)ccc2F)CC1. The average Bonchev–Trinajstić information content (AvgIpc) is 2.34. The maximum Gasteiger partial charge on any atom is 0.127 e. The Balaban J connectivity index is 1.95. The fourth-order valence-corrected chi connectivity index (χ4v) is 2.31. The summed E-state index contributed by atoms with van der Waals surface area (Å²) in [5, 5.41) is 7.39. The molecule has 3 nitrogen and oxygen atoms in total. The Labute approximate surface area is 105 Å². The van der Waals surface area contributed by atoms with Gasteiger partial charge in [0, 0.05) is 18.0 Å². The Morgan fingerprint density at radius 2 is 2.00 bits per heavy atom. The van der Waals surface area contributed by atoms with Gasteiger partial charge in [0.25, 0.3) is 0 Å². The van der Waals surface area contributed by atoms with Crippen LogP contribution in [0.15, 0.2) is 18.2 Å². The van der Waals surface area contributed by atoms with Crippen molar-refractivity contribution < 1.29 is 8.78 Å². The topological polar surface area (TPSA) is 53.1 Å². The predicted octanol–water partition coefficient (Wildman–Crippen LogP) is 2.11. The van der Waals surface area contributed by atoms with Crippen LogP contribution in [0.4, 0.5) is 8.78 Å². The van der Waals surface area contributed by atoms with Crippen LogP contribution in [0.3, 0.4) is 0 Å². The van der Waals surface area contributed by atoms with E-state index in [1.165, 1.54) is 6.07 Å². The molecule has 98 valence electrons. The minimum atomic E-state index is -0.412. The van der Waals surface area contributed by atoms with Gasteiger partial charge in [-0.15, -0.1) is 0 Å². The minimum Gasteiger partial charge on any atom is -0.387 e. The van der Waals surface area contributed by atoms with E-state index in [0.29, 0.717) is 12.1 Å². The molecule has 1 aromatic carbocycles. The van der Waals surface area contributed by atoms with E-state index in [1.807, 2.05) is 0 Å². The molecule has 3 N–H and O–H groups in total. The highest BCUT2D eigenvalue weighted by Gasteiger charge is 2.21. The number of hydrogen-bond donors (Lipinski definition) is 2. The number of hydrogen-bond acceptors (Lipinski definition) is 2. The number of rotatable bonds is 3. The number of nitrogens with one attached hydrogen (secondary N) is 1. The van der Waals surface area contributed by atoms with E-state index in [9.17, 15) is 8.78 Å². The minimum absolute atomic E-state index is 0.138. The molecule has 1 fully saturated rings. The van der Waals surface area contributed by atoms with E-state index in [-0.39, 0.29) is 17.6 Å². The average molecular weight is 253 g/mol. The molecule has 1 aromatic rings. The third-order valence-corrected chi connectivity index (χ3v) is 3.43. The van der Waals surface area contributed by atoms with Crippen molar-refractivity contribution >= 4 is 5.84 Å². The van der Waals surface area contributed by atoms with Crippen LogP contribution in [0, 0.1) is 23.0 Å². The Hall–Kier alpha value is -1.49. The van der Waals surface area contributed by atoms with Crippen LogP contribution in [0.1, 0.15) is 18.4 Å². The second kappa shape index (κ2) is 5.44. The summed E-state index contributed by atoms with van der Waals surface area (Å²) in [5.41, 5.74) is 5.85. The highest BCUT2D eigenvalue weighted by Crippen LogP contribution is 2.20. The molecule has 0 bridgehead atoms. The van der Waals surface area contributed by atoms with Gasteiger partial charge in [0.1, 0.15) is 11.6 Å². The zero-order chi connectivity index (χ0) is 13.1. The number of nitrogens with zero attached hydrogens (tertiary/aromatic N) is 1. The van der Waals surface area contributed by atoms with E-state index in [1.54, 1.807) is 0 Å². The van der Waals surface area contributed by atoms with Crippen molar-refractivity contribution in [2.24, 2.45) is 11.7 Å². The number of nitrogens with two attached hydrogens (primary N) is 1. The van der Waals surface area contributed by atoms with E-state index < -0.39 is 5.82 Å². The Morgan fingerprint density at radius 1 is 1.33 bits per heavy atom. The van der Waals surface area contributed by atoms with Crippen molar-refractivity contribution in [2.45, 2.75) is 19.4 Å². The van der Waals surface area contributed by atoms with E-state index in [0.717, 1.165) is 38.1 Å². The number of benzene rings is 1. The Kier molecular flexibility index (Phi) is 3.91. The van der Waals surface area contributed by atoms with Crippen molar-refractivity contribution in [1.82, 2.24) is 4.90 Å². The van der Waals surface area contributed by atoms with Crippen molar-refractivity contribution in [3.05, 3.63) is 35.4 Å². The van der Waals surface area contributed by atoms with Crippen LogP contribution in [0.5, 0.6) is 0 Å². The summed E-state index contributed by atoms with van der Waals surface area (Å²) in [4.78, 5) is 2.07. The second-order valence-corrected chi connectivity index (χ2v) is 4.74. The van der Waals surface area contributed by atoms with Gasteiger partial charge in [-0.2, -0.15) is 0 Å². The highest BCUT2D eigenvalue weighted by molar-refractivity contribution is 5.79. The van der Waals surface area contributed by atoms with E-state index >= 15 is 0 Å². The van der Waals surface area contributed by atoms with E-state index in [4.69, 9.17) is 11.1 Å². The monoisotopic (exact) mass is 253 g/mol. The molecule has 0 amide bonds. The molecule has 0 spiro atoms. The standard InChI is InChI=1S/C13H17F2N3/c14-11-1-2-12(15)10(7-11)8-18-5-3-9(4-6-18)13(16)17/h1-2,7,9H,3-6,8H2,(H3,16,17). The van der Waals surface area contributed by atoms with Crippen LogP contribution < -0.4 is 5.73 Å². The summed E-state index contributed by atoms with van der Waals surface area (Å²) in [6.07, 6.45) is 1.62. The molecule has 0 unspecified atom stereocenters. The van der Waals surface area contributed by atoms with Crippen LogP contribution in [-0.4, -0.2) is 23.8 Å². The lowest BCUT2D eigenvalue weighted by Gasteiger charge is -2.31. The van der Waals surface area contributed by atoms with Gasteiger partial charge in [0.2, 0.25) is 0 Å². The summed E-state index contributed by atoms with van der Waals surface area (Å²) >= 11 is 0. The predicted molar refractivity (Wildman–Crippen MR) is 66.3 cm³/mol. The maximum atomic E-state index is 13.5. The van der Waals surface area contributed by atoms with Gasteiger partial charge in [-0.3, -0.25) is 10.3 Å². The normalized spacial score (nSPS) is 17.9. The summed E-state index contributed by atoms with van der Waals surface area (Å²) in [6, 6.07) is 3.53. The zero-order valence-electron chi connectivity index (χ0n) is 10.1. The van der Waals surface area contributed by atoms with Gasteiger partial charge in [-0.1, -0.05) is 0 Å². The lowest BCUT2D eigenvalue weighted by atomic mass is 9.95. The largest absolute Gasteiger partial charge is 0.387 e. The summed E-state index contributed by atoms with van der Waals surface area (Å²) in [6.45, 7) is 1.94. The molecular formula is C13H17F2N3. The van der Waals surface area contributed by atoms with Crippen molar-refractivity contribution in [3.63, 3.8) is 0 Å². The molecule has 5 heteroatoms. The van der Waals surface area contributed by atoms with Crippen molar-refractivity contribution in [3.8, 4) is 0 Å². The summed E-state index contributed by atoms with van der Waals surface area (Å²) < 4.78 is 26.5. The van der Waals surface area contributed by atoms with Gasteiger partial charge in [0.15, 0.2) is 0 Å². The molecule has 18 heavy (non-hydrogen) atoms. The molecule has 2 rings (SSSR count). The van der Waals surface area contributed by atoms with Crippen LogP contribution in [0.2, 0.25) is 0 Å². The van der Waals surface area contributed by atoms with E-state index in [2.05, 4.69) is 4.90 Å². The third kappa shape index (κ3) is 3.04. The molecule has 0 atom stereocenters. The van der Waals surface area contributed by atoms with Gasteiger partial charge >= 0.3 is 0 Å². The van der Waals surface area contributed by atoms with Crippen molar-refractivity contribution in [2.75, 3.05) is 13.1 Å². The molecule has 0 radical (unpaired) electrons. The first-order valence-corrected chi connectivity index (χ1v) is 6.06. The van der Waals surface area contributed by atoms with Gasteiger partial charge < -0.3 is 5.73 Å². The second-order valence-electron chi connectivity index (χ2n) is 4.74. The Morgan fingerprint density at radius 3 is 2.61 bits per heavy atom. The van der Waals surface area contributed by atoms with Gasteiger partial charge in [-0.25, -0.2) is 8.78 Å². The van der Waals surface area contributed by atoms with Crippen LogP contribution in [0.25, 0.3) is 0 Å². The third-order valence-electron chi connectivity index (χ3n) is 3.43. The molecule has 1 heterocycles. The molecule has 1 saturated heterocycles. The van der Waals surface area contributed by atoms with Crippen molar-refractivity contribution in [1.29, 1.82) is 5.41 Å². The molecule has 0 aromatic heterocycles. The summed E-state index contributed by atoms with van der Waals surface area (Å²) in [5.74, 6) is -0.416. The smallest absolute Gasteiger partial charge is 0.127 e. The summed E-state index contributed by atoms with van der Waals surface area (Å²) in [7, 11) is 0. The number of piperidine rings is 1. The fourth-order valence-electron chi connectivity index (χ4n) is 2.31. The zero-order valence-corrected chi connectivity index (χ0v) is 10.1. The lowest BCUT2D eigenvalue weighted by molar-refractivity contribution is 0.198. The molecule has 0 aliphatic carbocycles. The van der Waals surface area contributed by atoms with Gasteiger partial charge in [0.05, 0.1) is 5.84 Å². The Bertz CT molecular complexity index is 440. The molecule has 1 aliphatic heterocycles. The first-order valence-electron chi connectivity index (χ1n) is 6.06. The molecule has 1 aliphatic rings. The number of halogens is 2. The fraction of sp³-hybridized carbons (Fsp3) is 0.462. The van der Waals surface area contributed by atoms with Gasteiger partial charge in [-0.05, 0) is 44.1 Å². The lowest BCUT2D eigenvalue weighted by Crippen LogP contribution is -2.38. The number of likely N-dealkylation sites (tertiary alicyclic amines) is 1. The molecular weight excluding hydrogens is 236 g/mol. The first-order chi connectivity index (χ1) is 8.56. The first kappa shape index (κ1) is 13.0. The quantitative estimate of drug-likeness (QED) is 0.640. The van der Waals surface area contributed by atoms with Crippen LogP contribution >= 0.6 is 0 Å². The highest BCUT2D eigenvalue weighted by atomic mass is 19.1.